The molecule has 3 aliphatic rings. The standard InChI is InChI=1S/C34H34ClN3O4S/c1-17-12-25-31(28(18-6-9-21(35)10-7-18)27(17)30(33(39)40)42-34(2,3)4)43-32(36-25)19-8-11-26-24(15-19)29(37-38(26)5)20-13-22-16-23(14-20)41-22/h6-12,15,20,22-23,30H,13-14,16H2,1-5H3,(H,39,40)/t20?,22?,23?,30-/m0/s1. The lowest BCUT2D eigenvalue weighted by Gasteiger charge is -2.44. The minimum atomic E-state index is -1.15. The van der Waals surface area contributed by atoms with Crippen LogP contribution in [0.25, 0.3) is 42.8 Å². The Morgan fingerprint density at radius 1 is 1.09 bits per heavy atom. The molecule has 2 unspecified atom stereocenters. The molecule has 3 atom stereocenters. The normalized spacial score (nSPS) is 20.8. The van der Waals surface area contributed by atoms with Gasteiger partial charge in [-0.25, -0.2) is 9.78 Å². The van der Waals surface area contributed by atoms with Crippen LogP contribution in [0, 0.1) is 6.92 Å². The smallest absolute Gasteiger partial charge is 0.337 e. The first-order chi connectivity index (χ1) is 20.4. The van der Waals surface area contributed by atoms with E-state index < -0.39 is 17.7 Å². The molecule has 0 spiro atoms. The summed E-state index contributed by atoms with van der Waals surface area (Å²) in [6.07, 6.45) is 2.76. The summed E-state index contributed by atoms with van der Waals surface area (Å²) >= 11 is 7.83. The van der Waals surface area contributed by atoms with Gasteiger partial charge in [-0.3, -0.25) is 4.68 Å². The molecule has 3 aromatic carbocycles. The SMILES string of the molecule is Cc1cc2nc(-c3ccc4c(c3)c(C3CC5CC(C3)O5)nn4C)sc2c(-c2ccc(Cl)cc2)c1[C@H](OC(C)(C)C)C(=O)O. The molecule has 2 aliphatic heterocycles. The van der Waals surface area contributed by atoms with E-state index in [4.69, 9.17) is 31.2 Å². The minimum absolute atomic E-state index is 0.355. The van der Waals surface area contributed by atoms with Gasteiger partial charge in [-0.05, 0) is 94.5 Å². The Bertz CT molecular complexity index is 1870. The maximum atomic E-state index is 12.7. The number of benzene rings is 3. The number of hydrogen-bond donors (Lipinski definition) is 1. The number of aromatic nitrogens is 3. The number of aryl methyl sites for hydroxylation is 2. The molecule has 2 aromatic heterocycles. The summed E-state index contributed by atoms with van der Waals surface area (Å²) in [6.45, 7) is 7.54. The van der Waals surface area contributed by atoms with Crippen LogP contribution in [-0.4, -0.2) is 43.6 Å². The number of nitrogens with zero attached hydrogens (tertiary/aromatic N) is 3. The summed E-state index contributed by atoms with van der Waals surface area (Å²) in [5.41, 5.74) is 6.55. The number of halogens is 1. The lowest BCUT2D eigenvalue weighted by molar-refractivity contribution is -0.162. The summed E-state index contributed by atoms with van der Waals surface area (Å²) in [5, 5.41) is 18.0. The molecule has 4 heterocycles. The van der Waals surface area contributed by atoms with Gasteiger partial charge < -0.3 is 14.6 Å². The highest BCUT2D eigenvalue weighted by Crippen LogP contribution is 2.47. The van der Waals surface area contributed by atoms with Crippen LogP contribution in [0.4, 0.5) is 0 Å². The van der Waals surface area contributed by atoms with E-state index in [9.17, 15) is 9.90 Å². The van der Waals surface area contributed by atoms with Crippen molar-refractivity contribution in [3.05, 3.63) is 70.4 Å². The molecule has 5 aromatic rings. The molecule has 2 bridgehead atoms. The number of thiazole rings is 1. The minimum Gasteiger partial charge on any atom is -0.479 e. The van der Waals surface area contributed by atoms with E-state index in [2.05, 4.69) is 18.2 Å². The average Bonchev–Trinajstić information content (AvgIpc) is 3.51. The third-order valence-corrected chi connectivity index (χ3v) is 9.93. The Balaban J connectivity index is 1.40. The number of carboxylic acid groups (broad SMARTS) is 1. The largest absolute Gasteiger partial charge is 0.479 e. The van der Waals surface area contributed by atoms with Gasteiger partial charge in [-0.2, -0.15) is 5.10 Å². The van der Waals surface area contributed by atoms with Crippen LogP contribution in [0.2, 0.25) is 5.02 Å². The molecule has 0 radical (unpaired) electrons. The number of rotatable bonds is 6. The van der Waals surface area contributed by atoms with Crippen molar-refractivity contribution in [2.45, 2.75) is 76.8 Å². The zero-order valence-electron chi connectivity index (χ0n) is 24.8. The highest BCUT2D eigenvalue weighted by Gasteiger charge is 2.41. The van der Waals surface area contributed by atoms with E-state index in [0.29, 0.717) is 28.7 Å². The second-order valence-corrected chi connectivity index (χ2v) is 14.3. The number of fused-ring (bicyclic) bond motifs is 4. The fourth-order valence-electron chi connectivity index (χ4n) is 6.70. The van der Waals surface area contributed by atoms with Crippen molar-refractivity contribution in [1.82, 2.24) is 14.8 Å². The fourth-order valence-corrected chi connectivity index (χ4v) is 7.95. The van der Waals surface area contributed by atoms with Gasteiger partial charge >= 0.3 is 5.97 Å². The molecule has 222 valence electrons. The predicted octanol–water partition coefficient (Wildman–Crippen LogP) is 8.45. The van der Waals surface area contributed by atoms with Crippen molar-refractivity contribution in [1.29, 1.82) is 0 Å². The summed E-state index contributed by atoms with van der Waals surface area (Å²) in [4.78, 5) is 17.8. The van der Waals surface area contributed by atoms with E-state index in [1.54, 1.807) is 11.3 Å². The van der Waals surface area contributed by atoms with Crippen LogP contribution in [0.1, 0.15) is 68.9 Å². The van der Waals surface area contributed by atoms with Crippen molar-refractivity contribution >= 4 is 50.0 Å². The molecule has 0 amide bonds. The van der Waals surface area contributed by atoms with Crippen LogP contribution in [0.5, 0.6) is 0 Å². The van der Waals surface area contributed by atoms with Crippen molar-refractivity contribution in [2.75, 3.05) is 0 Å². The highest BCUT2D eigenvalue weighted by molar-refractivity contribution is 7.22. The van der Waals surface area contributed by atoms with Crippen LogP contribution in [0.3, 0.4) is 0 Å². The van der Waals surface area contributed by atoms with Gasteiger partial charge in [0.2, 0.25) is 0 Å². The van der Waals surface area contributed by atoms with Gasteiger partial charge in [0.05, 0.1) is 39.2 Å². The Morgan fingerprint density at radius 2 is 1.77 bits per heavy atom. The van der Waals surface area contributed by atoms with Crippen molar-refractivity contribution in [2.24, 2.45) is 7.05 Å². The lowest BCUT2D eigenvalue weighted by atomic mass is 9.78. The van der Waals surface area contributed by atoms with Crippen LogP contribution in [-0.2, 0) is 21.3 Å². The van der Waals surface area contributed by atoms with Gasteiger partial charge in [0.15, 0.2) is 6.10 Å². The Labute approximate surface area is 259 Å². The molecule has 1 aliphatic carbocycles. The van der Waals surface area contributed by atoms with Gasteiger partial charge in [-0.1, -0.05) is 23.7 Å². The topological polar surface area (TPSA) is 86.5 Å². The second-order valence-electron chi connectivity index (χ2n) is 12.8. The Morgan fingerprint density at radius 3 is 2.42 bits per heavy atom. The number of ether oxygens (including phenoxy) is 2. The summed E-state index contributed by atoms with van der Waals surface area (Å²) < 4.78 is 15.0. The van der Waals surface area contributed by atoms with E-state index in [-0.39, 0.29) is 0 Å². The Kier molecular flexibility index (Phi) is 6.89. The molecular formula is C34H34ClN3O4S. The molecule has 2 saturated heterocycles. The average molecular weight is 616 g/mol. The van der Waals surface area contributed by atoms with Crippen molar-refractivity contribution in [3.63, 3.8) is 0 Å². The maximum absolute atomic E-state index is 12.7. The first-order valence-corrected chi connectivity index (χ1v) is 15.9. The van der Waals surface area contributed by atoms with Gasteiger partial charge in [-0.15, -0.1) is 11.3 Å². The van der Waals surface area contributed by atoms with E-state index in [1.807, 2.05) is 69.8 Å². The first kappa shape index (κ1) is 28.5. The van der Waals surface area contributed by atoms with Crippen LogP contribution >= 0.6 is 22.9 Å². The van der Waals surface area contributed by atoms with Crippen LogP contribution in [0.15, 0.2) is 48.5 Å². The fraction of sp³-hybridized carbons (Fsp3) is 0.382. The van der Waals surface area contributed by atoms with Gasteiger partial charge in [0.1, 0.15) is 5.01 Å². The molecule has 1 saturated carbocycles. The first-order valence-electron chi connectivity index (χ1n) is 14.7. The number of carboxylic acids is 1. The third kappa shape index (κ3) is 5.14. The number of carbonyl (C=O) groups is 1. The predicted molar refractivity (Wildman–Crippen MR) is 171 cm³/mol. The molecule has 3 fully saturated rings. The number of aliphatic carboxylic acids is 1. The quantitative estimate of drug-likeness (QED) is 0.206. The van der Waals surface area contributed by atoms with E-state index in [1.165, 1.54) is 6.42 Å². The number of hydrogen-bond acceptors (Lipinski definition) is 6. The molecule has 8 rings (SSSR count). The van der Waals surface area contributed by atoms with Gasteiger partial charge in [0, 0.05) is 40.1 Å². The molecule has 1 N–H and O–H groups in total. The lowest BCUT2D eigenvalue weighted by Crippen LogP contribution is -2.44. The second kappa shape index (κ2) is 10.4. The zero-order valence-corrected chi connectivity index (χ0v) is 26.4. The van der Waals surface area contributed by atoms with E-state index >= 15 is 0 Å². The van der Waals surface area contributed by atoms with Crippen molar-refractivity contribution < 1.29 is 19.4 Å². The Hall–Kier alpha value is -3.30. The highest BCUT2D eigenvalue weighted by atomic mass is 35.5. The summed E-state index contributed by atoms with van der Waals surface area (Å²) in [7, 11) is 2.00. The van der Waals surface area contributed by atoms with E-state index in [0.717, 1.165) is 66.9 Å². The molecular weight excluding hydrogens is 582 g/mol. The molecule has 43 heavy (non-hydrogen) atoms. The molecule has 9 heteroatoms. The third-order valence-electron chi connectivity index (χ3n) is 8.54. The van der Waals surface area contributed by atoms with Gasteiger partial charge in [0.25, 0.3) is 0 Å². The molecule has 7 nitrogen and oxygen atoms in total. The summed E-state index contributed by atoms with van der Waals surface area (Å²) in [6, 6.07) is 15.9. The van der Waals surface area contributed by atoms with Crippen LogP contribution < -0.4 is 0 Å². The van der Waals surface area contributed by atoms with Crippen molar-refractivity contribution in [3.8, 4) is 21.7 Å². The maximum Gasteiger partial charge on any atom is 0.337 e. The monoisotopic (exact) mass is 615 g/mol. The summed E-state index contributed by atoms with van der Waals surface area (Å²) in [5.74, 6) is -0.637. The zero-order chi connectivity index (χ0) is 30.2.